The van der Waals surface area contributed by atoms with Crippen LogP contribution in [0.5, 0.6) is 0 Å². The van der Waals surface area contributed by atoms with E-state index in [2.05, 4.69) is 49.4 Å². The molecule has 1 unspecified atom stereocenters. The average molecular weight is 522 g/mol. The topological polar surface area (TPSA) is 80.3 Å². The summed E-state index contributed by atoms with van der Waals surface area (Å²) in [5.74, 6) is 3.95. The first-order valence-electron chi connectivity index (χ1n) is 10.6. The molecule has 1 aliphatic rings. The third kappa shape index (κ3) is 5.33. The van der Waals surface area contributed by atoms with Crippen LogP contribution in [0.15, 0.2) is 39.7 Å². The highest BCUT2D eigenvalue weighted by Gasteiger charge is 2.15. The number of rotatable bonds is 6. The molecule has 3 heterocycles. The van der Waals surface area contributed by atoms with E-state index in [0.29, 0.717) is 0 Å². The van der Waals surface area contributed by atoms with Crippen LogP contribution in [-0.2, 0) is 19.4 Å². The highest BCUT2D eigenvalue weighted by atomic mass is 127. The molecular weight excluding hydrogens is 491 g/mol. The Morgan fingerprint density at radius 3 is 2.93 bits per heavy atom. The lowest BCUT2D eigenvalue weighted by Crippen LogP contribution is -2.39. The van der Waals surface area contributed by atoms with Crippen LogP contribution in [0, 0.1) is 0 Å². The summed E-state index contributed by atoms with van der Waals surface area (Å²) in [6.45, 7) is 3.97. The molecule has 1 atom stereocenters. The molecule has 2 aromatic heterocycles. The second-order valence-corrected chi connectivity index (χ2v) is 7.65. The number of fused-ring (bicyclic) bond motifs is 2. The van der Waals surface area contributed by atoms with Gasteiger partial charge >= 0.3 is 0 Å². The largest absolute Gasteiger partial charge is 0.459 e. The van der Waals surface area contributed by atoms with Crippen LogP contribution in [0.2, 0.25) is 0 Å². The molecule has 0 saturated carbocycles. The van der Waals surface area contributed by atoms with Gasteiger partial charge in [-0.1, -0.05) is 24.6 Å². The number of hydrogen-bond donors (Lipinski definition) is 2. The molecule has 0 bridgehead atoms. The number of furan rings is 1. The van der Waals surface area contributed by atoms with Gasteiger partial charge in [0.15, 0.2) is 5.96 Å². The monoisotopic (exact) mass is 522 g/mol. The van der Waals surface area contributed by atoms with Gasteiger partial charge in [-0.15, -0.1) is 34.2 Å². The predicted molar refractivity (Wildman–Crippen MR) is 130 cm³/mol. The van der Waals surface area contributed by atoms with Crippen molar-refractivity contribution in [2.75, 3.05) is 13.6 Å². The van der Waals surface area contributed by atoms with Crippen molar-refractivity contribution in [2.24, 2.45) is 4.99 Å². The maximum atomic E-state index is 5.95. The zero-order valence-corrected chi connectivity index (χ0v) is 20.1. The van der Waals surface area contributed by atoms with Crippen molar-refractivity contribution < 1.29 is 4.42 Å². The van der Waals surface area contributed by atoms with Crippen molar-refractivity contribution in [3.8, 4) is 0 Å². The molecule has 0 saturated heterocycles. The highest BCUT2D eigenvalue weighted by molar-refractivity contribution is 14.0. The van der Waals surface area contributed by atoms with Gasteiger partial charge in [-0.05, 0) is 38.3 Å². The molecule has 7 nitrogen and oxygen atoms in total. The summed E-state index contributed by atoms with van der Waals surface area (Å²) in [4.78, 5) is 4.34. The molecule has 0 fully saturated rings. The van der Waals surface area contributed by atoms with E-state index in [4.69, 9.17) is 4.42 Å². The smallest absolute Gasteiger partial charge is 0.191 e. The Morgan fingerprint density at radius 1 is 1.23 bits per heavy atom. The summed E-state index contributed by atoms with van der Waals surface area (Å²) in [5, 5.41) is 16.7. The Morgan fingerprint density at radius 2 is 2.10 bits per heavy atom. The van der Waals surface area contributed by atoms with E-state index in [1.165, 1.54) is 19.3 Å². The summed E-state index contributed by atoms with van der Waals surface area (Å²) in [7, 11) is 1.79. The number of aryl methyl sites for hydroxylation is 2. The van der Waals surface area contributed by atoms with Crippen LogP contribution in [-0.4, -0.2) is 34.3 Å². The molecule has 0 amide bonds. The maximum absolute atomic E-state index is 5.95. The Balaban J connectivity index is 0.00000256. The van der Waals surface area contributed by atoms with E-state index in [1.807, 2.05) is 18.2 Å². The lowest BCUT2D eigenvalue weighted by Gasteiger charge is -2.16. The van der Waals surface area contributed by atoms with Gasteiger partial charge in [0, 0.05) is 38.4 Å². The van der Waals surface area contributed by atoms with Crippen molar-refractivity contribution in [3.05, 3.63) is 47.7 Å². The fourth-order valence-electron chi connectivity index (χ4n) is 3.87. The molecule has 1 aromatic carbocycles. The van der Waals surface area contributed by atoms with Crippen LogP contribution >= 0.6 is 24.0 Å². The summed E-state index contributed by atoms with van der Waals surface area (Å²) >= 11 is 0. The highest BCUT2D eigenvalue weighted by Crippen LogP contribution is 2.23. The molecule has 0 aliphatic carbocycles. The lowest BCUT2D eigenvalue weighted by atomic mass is 10.2. The van der Waals surface area contributed by atoms with E-state index in [0.717, 1.165) is 66.7 Å². The zero-order valence-electron chi connectivity index (χ0n) is 17.7. The van der Waals surface area contributed by atoms with Gasteiger partial charge in [-0.25, -0.2) is 0 Å². The number of benzene rings is 1. The van der Waals surface area contributed by atoms with Crippen LogP contribution < -0.4 is 10.6 Å². The van der Waals surface area contributed by atoms with Gasteiger partial charge < -0.3 is 19.6 Å². The number of aliphatic imine (C=N–C) groups is 1. The predicted octanol–water partition coefficient (Wildman–Crippen LogP) is 4.23. The molecule has 0 radical (unpaired) electrons. The first kappa shape index (κ1) is 22.6. The Hall–Kier alpha value is -2.10. The van der Waals surface area contributed by atoms with E-state index in [1.54, 1.807) is 7.05 Å². The Kier molecular flexibility index (Phi) is 8.12. The fraction of sp³-hybridized carbons (Fsp3) is 0.500. The number of hydrogen-bond acceptors (Lipinski definition) is 4. The Bertz CT molecular complexity index is 946. The van der Waals surface area contributed by atoms with Crippen molar-refractivity contribution in [2.45, 2.75) is 58.0 Å². The lowest BCUT2D eigenvalue weighted by molar-refractivity contribution is 0.488. The van der Waals surface area contributed by atoms with Crippen LogP contribution in [0.3, 0.4) is 0 Å². The van der Waals surface area contributed by atoms with Gasteiger partial charge in [0.05, 0.1) is 6.04 Å². The quantitative estimate of drug-likeness (QED) is 0.219. The number of nitrogens with one attached hydrogen (secondary N) is 2. The van der Waals surface area contributed by atoms with Gasteiger partial charge in [-0.2, -0.15) is 0 Å². The van der Waals surface area contributed by atoms with E-state index >= 15 is 0 Å². The van der Waals surface area contributed by atoms with E-state index in [9.17, 15) is 0 Å². The fourth-order valence-corrected chi connectivity index (χ4v) is 3.87. The minimum Gasteiger partial charge on any atom is -0.459 e. The third-order valence-electron chi connectivity index (χ3n) is 5.50. The molecule has 162 valence electrons. The second-order valence-electron chi connectivity index (χ2n) is 7.65. The van der Waals surface area contributed by atoms with Gasteiger partial charge in [0.2, 0.25) is 0 Å². The minimum atomic E-state index is 0. The molecule has 1 aliphatic heterocycles. The van der Waals surface area contributed by atoms with E-state index < -0.39 is 0 Å². The third-order valence-corrected chi connectivity index (χ3v) is 5.50. The summed E-state index contributed by atoms with van der Waals surface area (Å²) in [5.41, 5.74) is 0.909. The Labute approximate surface area is 194 Å². The number of halogens is 1. The maximum Gasteiger partial charge on any atom is 0.191 e. The van der Waals surface area contributed by atoms with E-state index in [-0.39, 0.29) is 30.0 Å². The van der Waals surface area contributed by atoms with Crippen LogP contribution in [0.25, 0.3) is 11.0 Å². The summed E-state index contributed by atoms with van der Waals surface area (Å²) < 4.78 is 8.27. The van der Waals surface area contributed by atoms with Crippen LogP contribution in [0.1, 0.15) is 56.1 Å². The molecule has 30 heavy (non-hydrogen) atoms. The van der Waals surface area contributed by atoms with Crippen molar-refractivity contribution >= 4 is 40.9 Å². The van der Waals surface area contributed by atoms with Crippen molar-refractivity contribution in [1.29, 1.82) is 0 Å². The van der Waals surface area contributed by atoms with Crippen molar-refractivity contribution in [3.63, 3.8) is 0 Å². The molecule has 3 aromatic rings. The molecule has 0 spiro atoms. The SMILES string of the molecule is CN=C(NCCCc1nnc2n1CCCCC2)NC(C)c1cc2ccccc2o1.I. The number of guanidine groups is 1. The normalized spacial score (nSPS) is 15.2. The first-order valence-corrected chi connectivity index (χ1v) is 10.6. The minimum absolute atomic E-state index is 0. The molecule has 8 heteroatoms. The molecular formula is C22H31IN6O. The average Bonchev–Trinajstić information content (AvgIpc) is 3.27. The van der Waals surface area contributed by atoms with Crippen molar-refractivity contribution in [1.82, 2.24) is 25.4 Å². The molecule has 2 N–H and O–H groups in total. The van der Waals surface area contributed by atoms with Crippen LogP contribution in [0.4, 0.5) is 0 Å². The number of aromatic nitrogens is 3. The van der Waals surface area contributed by atoms with Gasteiger partial charge in [-0.3, -0.25) is 4.99 Å². The summed E-state index contributed by atoms with van der Waals surface area (Å²) in [6, 6.07) is 10.2. The standard InChI is InChI=1S/C22H30N6O.HI/c1-16(19-15-17-9-5-6-10-18(17)29-19)25-22(23-2)24-13-8-12-21-27-26-20-11-4-3-7-14-28(20)21;/h5-6,9-10,15-16H,3-4,7-8,11-14H2,1-2H3,(H2,23,24,25);1H. The zero-order chi connectivity index (χ0) is 20.1. The second kappa shape index (κ2) is 10.8. The van der Waals surface area contributed by atoms with Gasteiger partial charge in [0.25, 0.3) is 0 Å². The summed E-state index contributed by atoms with van der Waals surface area (Å²) in [6.07, 6.45) is 6.71. The van der Waals surface area contributed by atoms with Gasteiger partial charge in [0.1, 0.15) is 23.0 Å². The number of nitrogens with zero attached hydrogens (tertiary/aromatic N) is 4. The number of para-hydroxylation sites is 1. The molecule has 4 rings (SSSR count). The first-order chi connectivity index (χ1) is 14.2.